The van der Waals surface area contributed by atoms with Gasteiger partial charge in [-0.15, -0.1) is 24.0 Å². The molecule has 1 aromatic heterocycles. The van der Waals surface area contributed by atoms with Gasteiger partial charge in [-0.3, -0.25) is 10.1 Å². The highest BCUT2D eigenvalue weighted by Crippen LogP contribution is 2.30. The SMILES string of the molecule is O=C(Nc1nc(-c2ccccc2)cs1)c1cc(Cl)cc(Cl)c1S. The molecule has 3 nitrogen and oxygen atoms in total. The molecule has 1 heterocycles. The van der Waals surface area contributed by atoms with Gasteiger partial charge >= 0.3 is 0 Å². The molecule has 1 amide bonds. The van der Waals surface area contributed by atoms with E-state index in [1.807, 2.05) is 35.7 Å². The lowest BCUT2D eigenvalue weighted by molar-refractivity contribution is 0.102. The second-order valence-electron chi connectivity index (χ2n) is 4.64. The summed E-state index contributed by atoms with van der Waals surface area (Å²) in [7, 11) is 0. The summed E-state index contributed by atoms with van der Waals surface area (Å²) in [5.41, 5.74) is 2.10. The molecule has 0 fully saturated rings. The van der Waals surface area contributed by atoms with Crippen molar-refractivity contribution in [3.63, 3.8) is 0 Å². The summed E-state index contributed by atoms with van der Waals surface area (Å²) in [6.07, 6.45) is 0. The average Bonchev–Trinajstić information content (AvgIpc) is 3.00. The molecule has 0 saturated carbocycles. The zero-order valence-corrected chi connectivity index (χ0v) is 14.8. The Hall–Kier alpha value is -1.53. The number of rotatable bonds is 3. The van der Waals surface area contributed by atoms with E-state index >= 15 is 0 Å². The summed E-state index contributed by atoms with van der Waals surface area (Å²) in [5.74, 6) is -0.353. The van der Waals surface area contributed by atoms with Crippen LogP contribution in [0.4, 0.5) is 5.13 Å². The Bertz CT molecular complexity index is 866. The molecule has 0 bridgehead atoms. The number of nitrogens with one attached hydrogen (secondary N) is 1. The third kappa shape index (κ3) is 3.70. The third-order valence-corrected chi connectivity index (χ3v) is 4.95. The number of benzene rings is 2. The summed E-state index contributed by atoms with van der Waals surface area (Å²) in [6, 6.07) is 12.8. The van der Waals surface area contributed by atoms with Gasteiger partial charge in [-0.05, 0) is 12.1 Å². The van der Waals surface area contributed by atoms with Crippen molar-refractivity contribution >= 4 is 58.2 Å². The second kappa shape index (κ2) is 6.93. The Kier molecular flexibility index (Phi) is 4.92. The zero-order chi connectivity index (χ0) is 16.4. The predicted molar refractivity (Wildman–Crippen MR) is 99.2 cm³/mol. The van der Waals surface area contributed by atoms with Crippen LogP contribution in [-0.2, 0) is 0 Å². The molecule has 0 radical (unpaired) electrons. The van der Waals surface area contributed by atoms with Crippen molar-refractivity contribution in [3.8, 4) is 11.3 Å². The molecule has 3 rings (SSSR count). The van der Waals surface area contributed by atoms with Crippen LogP contribution in [0, 0.1) is 0 Å². The molecule has 0 unspecified atom stereocenters. The van der Waals surface area contributed by atoms with Crippen LogP contribution in [0.15, 0.2) is 52.7 Å². The lowest BCUT2D eigenvalue weighted by Gasteiger charge is -2.07. The monoisotopic (exact) mass is 380 g/mol. The zero-order valence-electron chi connectivity index (χ0n) is 11.6. The number of aromatic nitrogens is 1. The van der Waals surface area contributed by atoms with E-state index in [4.69, 9.17) is 23.2 Å². The molecule has 0 aliphatic carbocycles. The highest BCUT2D eigenvalue weighted by molar-refractivity contribution is 7.80. The van der Waals surface area contributed by atoms with Gasteiger partial charge in [0.15, 0.2) is 5.13 Å². The molecule has 0 spiro atoms. The van der Waals surface area contributed by atoms with Crippen LogP contribution < -0.4 is 5.32 Å². The lowest BCUT2D eigenvalue weighted by Crippen LogP contribution is -2.12. The van der Waals surface area contributed by atoms with Crippen molar-refractivity contribution in [3.05, 3.63) is 63.5 Å². The first-order valence-electron chi connectivity index (χ1n) is 6.55. The molecule has 7 heteroatoms. The summed E-state index contributed by atoms with van der Waals surface area (Å²) in [6.45, 7) is 0. The summed E-state index contributed by atoms with van der Waals surface area (Å²) >= 11 is 17.5. The number of thiazole rings is 1. The Morgan fingerprint density at radius 2 is 1.91 bits per heavy atom. The minimum Gasteiger partial charge on any atom is -0.298 e. The fourth-order valence-electron chi connectivity index (χ4n) is 1.98. The van der Waals surface area contributed by atoms with Crippen molar-refractivity contribution in [2.75, 3.05) is 5.32 Å². The Labute approximate surface area is 152 Å². The molecular weight excluding hydrogens is 371 g/mol. The van der Waals surface area contributed by atoms with Crippen LogP contribution in [0.1, 0.15) is 10.4 Å². The molecular formula is C16H10Cl2N2OS2. The molecule has 3 aromatic rings. The smallest absolute Gasteiger partial charge is 0.258 e. The number of amides is 1. The van der Waals surface area contributed by atoms with Gasteiger partial charge in [-0.2, -0.15) is 0 Å². The fourth-order valence-corrected chi connectivity index (χ4v) is 3.41. The number of halogens is 2. The number of hydrogen-bond acceptors (Lipinski definition) is 4. The third-order valence-electron chi connectivity index (χ3n) is 3.07. The number of carbonyl (C=O) groups is 1. The van der Waals surface area contributed by atoms with Gasteiger partial charge in [-0.25, -0.2) is 4.98 Å². The van der Waals surface area contributed by atoms with Gasteiger partial charge in [0.25, 0.3) is 5.91 Å². The van der Waals surface area contributed by atoms with E-state index in [-0.39, 0.29) is 5.91 Å². The fraction of sp³-hybridized carbons (Fsp3) is 0. The van der Waals surface area contributed by atoms with Crippen molar-refractivity contribution in [1.82, 2.24) is 4.98 Å². The maximum absolute atomic E-state index is 12.4. The molecule has 2 aromatic carbocycles. The number of nitrogens with zero attached hydrogens (tertiary/aromatic N) is 1. The van der Waals surface area contributed by atoms with Gasteiger partial charge in [-0.1, -0.05) is 53.5 Å². The van der Waals surface area contributed by atoms with Crippen LogP contribution >= 0.6 is 47.2 Å². The van der Waals surface area contributed by atoms with Crippen LogP contribution in [0.2, 0.25) is 10.0 Å². The maximum atomic E-state index is 12.4. The van der Waals surface area contributed by atoms with Crippen molar-refractivity contribution in [2.45, 2.75) is 4.90 Å². The number of anilines is 1. The molecule has 0 aliphatic rings. The number of hydrogen-bond donors (Lipinski definition) is 2. The van der Waals surface area contributed by atoms with Crippen LogP contribution in [0.5, 0.6) is 0 Å². The topological polar surface area (TPSA) is 42.0 Å². The van der Waals surface area contributed by atoms with E-state index in [9.17, 15) is 4.79 Å². The normalized spacial score (nSPS) is 10.6. The largest absolute Gasteiger partial charge is 0.298 e. The quantitative estimate of drug-likeness (QED) is 0.575. The Balaban J connectivity index is 1.83. The minimum absolute atomic E-state index is 0.308. The highest BCUT2D eigenvalue weighted by Gasteiger charge is 2.15. The van der Waals surface area contributed by atoms with Crippen LogP contribution in [0.25, 0.3) is 11.3 Å². The minimum atomic E-state index is -0.353. The first-order valence-corrected chi connectivity index (χ1v) is 8.63. The molecule has 0 atom stereocenters. The van der Waals surface area contributed by atoms with E-state index in [0.29, 0.717) is 25.6 Å². The predicted octanol–water partition coefficient (Wildman–Crippen LogP) is 5.66. The van der Waals surface area contributed by atoms with Gasteiger partial charge in [0.2, 0.25) is 0 Å². The second-order valence-corrected chi connectivity index (χ2v) is 6.79. The van der Waals surface area contributed by atoms with E-state index in [2.05, 4.69) is 22.9 Å². The molecule has 0 aliphatic heterocycles. The lowest BCUT2D eigenvalue weighted by atomic mass is 10.2. The van der Waals surface area contributed by atoms with Crippen molar-refractivity contribution in [1.29, 1.82) is 0 Å². The van der Waals surface area contributed by atoms with Crippen molar-refractivity contribution < 1.29 is 4.79 Å². The van der Waals surface area contributed by atoms with Gasteiger partial charge in [0.1, 0.15) is 0 Å². The maximum Gasteiger partial charge on any atom is 0.258 e. The first kappa shape index (κ1) is 16.3. The van der Waals surface area contributed by atoms with E-state index in [1.165, 1.54) is 17.4 Å². The average molecular weight is 381 g/mol. The van der Waals surface area contributed by atoms with Gasteiger partial charge < -0.3 is 0 Å². The molecule has 1 N–H and O–H groups in total. The summed E-state index contributed by atoms with van der Waals surface area (Å²) in [4.78, 5) is 17.2. The summed E-state index contributed by atoms with van der Waals surface area (Å²) in [5, 5.41) is 5.84. The molecule has 23 heavy (non-hydrogen) atoms. The highest BCUT2D eigenvalue weighted by atomic mass is 35.5. The standard InChI is InChI=1S/C16H10Cl2N2OS2/c17-10-6-11(14(22)12(18)7-10)15(21)20-16-19-13(8-23-16)9-4-2-1-3-5-9/h1-8,22H,(H,19,20,21). The van der Waals surface area contributed by atoms with Gasteiger partial charge in [0.05, 0.1) is 16.3 Å². The van der Waals surface area contributed by atoms with Crippen LogP contribution in [0.3, 0.4) is 0 Å². The van der Waals surface area contributed by atoms with E-state index < -0.39 is 0 Å². The Morgan fingerprint density at radius 3 is 2.65 bits per heavy atom. The number of carbonyl (C=O) groups excluding carboxylic acids is 1. The number of thiol groups is 1. The molecule has 0 saturated heterocycles. The summed E-state index contributed by atoms with van der Waals surface area (Å²) < 4.78 is 0. The first-order chi connectivity index (χ1) is 11.0. The molecule has 116 valence electrons. The van der Waals surface area contributed by atoms with Crippen LogP contribution in [-0.4, -0.2) is 10.9 Å². The van der Waals surface area contributed by atoms with E-state index in [1.54, 1.807) is 6.07 Å². The van der Waals surface area contributed by atoms with E-state index in [0.717, 1.165) is 11.3 Å². The van der Waals surface area contributed by atoms with Crippen molar-refractivity contribution in [2.24, 2.45) is 0 Å². The van der Waals surface area contributed by atoms with Gasteiger partial charge in [0, 0.05) is 20.9 Å². The Morgan fingerprint density at radius 1 is 1.17 bits per heavy atom.